The topological polar surface area (TPSA) is 51.0 Å². The summed E-state index contributed by atoms with van der Waals surface area (Å²) in [5, 5.41) is 12.1. The van der Waals surface area contributed by atoms with Crippen molar-refractivity contribution in [2.45, 2.75) is 26.3 Å². The standard InChI is InChI=1S/C13H15BrClN3O/c1-3-11(16-4-2)13-18-17-12(19-13)9-7-8(14)5-6-10(9)15/h5-7,11,16H,3-4H2,1-2H3. The summed E-state index contributed by atoms with van der Waals surface area (Å²) in [6.07, 6.45) is 0.891. The molecule has 0 aliphatic heterocycles. The van der Waals surface area contributed by atoms with Crippen LogP contribution >= 0.6 is 27.5 Å². The monoisotopic (exact) mass is 343 g/mol. The van der Waals surface area contributed by atoms with E-state index in [1.807, 2.05) is 19.1 Å². The van der Waals surface area contributed by atoms with Crippen molar-refractivity contribution in [3.8, 4) is 11.5 Å². The van der Waals surface area contributed by atoms with Crippen molar-refractivity contribution in [1.82, 2.24) is 15.5 Å². The molecule has 19 heavy (non-hydrogen) atoms. The molecule has 1 aromatic carbocycles. The maximum atomic E-state index is 6.15. The normalized spacial score (nSPS) is 12.6. The van der Waals surface area contributed by atoms with Gasteiger partial charge in [0, 0.05) is 4.47 Å². The van der Waals surface area contributed by atoms with E-state index >= 15 is 0 Å². The lowest BCUT2D eigenvalue weighted by molar-refractivity contribution is 0.402. The van der Waals surface area contributed by atoms with Crippen LogP contribution in [-0.2, 0) is 0 Å². The fourth-order valence-corrected chi connectivity index (χ4v) is 2.36. The molecule has 1 N–H and O–H groups in total. The molecule has 1 atom stereocenters. The second kappa shape index (κ2) is 6.50. The van der Waals surface area contributed by atoms with Gasteiger partial charge in [0.05, 0.1) is 16.6 Å². The van der Waals surface area contributed by atoms with E-state index < -0.39 is 0 Å². The van der Waals surface area contributed by atoms with E-state index in [2.05, 4.69) is 38.4 Å². The van der Waals surface area contributed by atoms with Crippen molar-refractivity contribution >= 4 is 27.5 Å². The molecule has 1 unspecified atom stereocenters. The smallest absolute Gasteiger partial charge is 0.249 e. The number of halogens is 2. The summed E-state index contributed by atoms with van der Waals surface area (Å²) in [6, 6.07) is 5.62. The minimum atomic E-state index is 0.0807. The van der Waals surface area contributed by atoms with Crippen molar-refractivity contribution in [3.05, 3.63) is 33.6 Å². The van der Waals surface area contributed by atoms with Crippen molar-refractivity contribution in [3.63, 3.8) is 0 Å². The number of rotatable bonds is 5. The van der Waals surface area contributed by atoms with Crippen LogP contribution in [0.15, 0.2) is 27.1 Å². The Morgan fingerprint density at radius 3 is 2.84 bits per heavy atom. The highest BCUT2D eigenvalue weighted by atomic mass is 79.9. The molecule has 4 nitrogen and oxygen atoms in total. The summed E-state index contributed by atoms with van der Waals surface area (Å²) < 4.78 is 6.64. The van der Waals surface area contributed by atoms with Crippen LogP contribution in [0.4, 0.5) is 0 Å². The van der Waals surface area contributed by atoms with Crippen LogP contribution in [0, 0.1) is 0 Å². The number of hydrogen-bond donors (Lipinski definition) is 1. The minimum Gasteiger partial charge on any atom is -0.419 e. The van der Waals surface area contributed by atoms with E-state index in [-0.39, 0.29) is 6.04 Å². The first-order chi connectivity index (χ1) is 9.15. The van der Waals surface area contributed by atoms with Gasteiger partial charge in [-0.3, -0.25) is 0 Å². The highest BCUT2D eigenvalue weighted by molar-refractivity contribution is 9.10. The molecule has 0 spiro atoms. The van der Waals surface area contributed by atoms with E-state index in [1.54, 1.807) is 6.07 Å². The lowest BCUT2D eigenvalue weighted by Crippen LogP contribution is -2.20. The zero-order valence-corrected chi connectivity index (χ0v) is 13.1. The van der Waals surface area contributed by atoms with Gasteiger partial charge < -0.3 is 9.73 Å². The van der Waals surface area contributed by atoms with Gasteiger partial charge in [-0.25, -0.2) is 0 Å². The Morgan fingerprint density at radius 1 is 1.37 bits per heavy atom. The van der Waals surface area contributed by atoms with Crippen molar-refractivity contribution < 1.29 is 4.42 Å². The van der Waals surface area contributed by atoms with Crippen molar-refractivity contribution in [2.75, 3.05) is 6.54 Å². The third-order valence-electron chi connectivity index (χ3n) is 2.76. The predicted octanol–water partition coefficient (Wildman–Crippen LogP) is 4.21. The number of hydrogen-bond acceptors (Lipinski definition) is 4. The molecular formula is C13H15BrClN3O. The third kappa shape index (κ3) is 3.35. The summed E-state index contributed by atoms with van der Waals surface area (Å²) >= 11 is 9.56. The second-order valence-electron chi connectivity index (χ2n) is 4.09. The van der Waals surface area contributed by atoms with Gasteiger partial charge >= 0.3 is 0 Å². The van der Waals surface area contributed by atoms with E-state index in [0.717, 1.165) is 23.0 Å². The van der Waals surface area contributed by atoms with Crippen molar-refractivity contribution in [1.29, 1.82) is 0 Å². The maximum Gasteiger partial charge on any atom is 0.249 e. The van der Waals surface area contributed by atoms with E-state index in [4.69, 9.17) is 16.0 Å². The highest BCUT2D eigenvalue weighted by Gasteiger charge is 2.18. The molecule has 0 fully saturated rings. The molecule has 0 saturated carbocycles. The molecule has 1 heterocycles. The number of aromatic nitrogens is 2. The Bertz CT molecular complexity index is 559. The molecule has 102 valence electrons. The molecule has 0 saturated heterocycles. The molecule has 2 rings (SSSR count). The third-order valence-corrected chi connectivity index (χ3v) is 3.58. The van der Waals surface area contributed by atoms with E-state index in [9.17, 15) is 0 Å². The number of benzene rings is 1. The Kier molecular flexibility index (Phi) is 4.96. The summed E-state index contributed by atoms with van der Waals surface area (Å²) in [7, 11) is 0. The summed E-state index contributed by atoms with van der Waals surface area (Å²) in [4.78, 5) is 0. The van der Waals surface area contributed by atoms with Crippen LogP contribution in [0.2, 0.25) is 5.02 Å². The van der Waals surface area contributed by atoms with Gasteiger partial charge in [-0.2, -0.15) is 0 Å². The fraction of sp³-hybridized carbons (Fsp3) is 0.385. The van der Waals surface area contributed by atoms with Crippen LogP contribution in [0.3, 0.4) is 0 Å². The van der Waals surface area contributed by atoms with Gasteiger partial charge in [0.25, 0.3) is 0 Å². The molecule has 0 aliphatic carbocycles. The first kappa shape index (κ1) is 14.5. The molecule has 0 radical (unpaired) electrons. The second-order valence-corrected chi connectivity index (χ2v) is 5.41. The Labute approximate surface area is 125 Å². The Morgan fingerprint density at radius 2 is 2.16 bits per heavy atom. The molecule has 0 aliphatic rings. The van der Waals surface area contributed by atoms with Crippen LogP contribution in [0.1, 0.15) is 32.2 Å². The largest absolute Gasteiger partial charge is 0.419 e. The number of nitrogens with zero attached hydrogens (tertiary/aromatic N) is 2. The predicted molar refractivity (Wildman–Crippen MR) is 79.2 cm³/mol. The molecule has 6 heteroatoms. The summed E-state index contributed by atoms with van der Waals surface area (Å²) in [5.74, 6) is 1.04. The average molecular weight is 345 g/mol. The van der Waals surface area contributed by atoms with Crippen LogP contribution in [0.5, 0.6) is 0 Å². The van der Waals surface area contributed by atoms with Crippen LogP contribution < -0.4 is 5.32 Å². The first-order valence-corrected chi connectivity index (χ1v) is 7.35. The van der Waals surface area contributed by atoms with Gasteiger partial charge in [-0.05, 0) is 31.2 Å². The summed E-state index contributed by atoms with van der Waals surface area (Å²) in [5.41, 5.74) is 0.737. The Hall–Kier alpha value is -0.910. The van der Waals surface area contributed by atoms with Gasteiger partial charge in [0.15, 0.2) is 0 Å². The molecular weight excluding hydrogens is 330 g/mol. The van der Waals surface area contributed by atoms with Gasteiger partial charge in [-0.15, -0.1) is 10.2 Å². The molecule has 0 amide bonds. The molecule has 1 aromatic heterocycles. The van der Waals surface area contributed by atoms with Gasteiger partial charge in [0.2, 0.25) is 11.8 Å². The zero-order chi connectivity index (χ0) is 13.8. The Balaban J connectivity index is 2.32. The van der Waals surface area contributed by atoms with Crippen LogP contribution in [-0.4, -0.2) is 16.7 Å². The van der Waals surface area contributed by atoms with Crippen molar-refractivity contribution in [2.24, 2.45) is 0 Å². The highest BCUT2D eigenvalue weighted by Crippen LogP contribution is 2.30. The first-order valence-electron chi connectivity index (χ1n) is 6.17. The summed E-state index contributed by atoms with van der Waals surface area (Å²) in [6.45, 7) is 4.97. The fourth-order valence-electron chi connectivity index (χ4n) is 1.80. The molecule has 2 aromatic rings. The van der Waals surface area contributed by atoms with Gasteiger partial charge in [0.1, 0.15) is 0 Å². The average Bonchev–Trinajstić information content (AvgIpc) is 2.88. The van der Waals surface area contributed by atoms with Crippen LogP contribution in [0.25, 0.3) is 11.5 Å². The van der Waals surface area contributed by atoms with Gasteiger partial charge in [-0.1, -0.05) is 41.4 Å². The maximum absolute atomic E-state index is 6.15. The quantitative estimate of drug-likeness (QED) is 0.882. The lowest BCUT2D eigenvalue weighted by atomic mass is 10.2. The molecule has 0 bridgehead atoms. The van der Waals surface area contributed by atoms with E-state index in [1.165, 1.54) is 0 Å². The minimum absolute atomic E-state index is 0.0807. The van der Waals surface area contributed by atoms with E-state index in [0.29, 0.717) is 16.8 Å². The SMILES string of the molecule is CCNC(CC)c1nnc(-c2cc(Br)ccc2Cl)o1. The number of nitrogens with one attached hydrogen (secondary N) is 1. The lowest BCUT2D eigenvalue weighted by Gasteiger charge is -2.10. The zero-order valence-electron chi connectivity index (χ0n) is 10.8.